The second-order valence-electron chi connectivity index (χ2n) is 4.35. The summed E-state index contributed by atoms with van der Waals surface area (Å²) in [5.41, 5.74) is -0.494. The van der Waals surface area contributed by atoms with Gasteiger partial charge in [0.15, 0.2) is 0 Å². The van der Waals surface area contributed by atoms with E-state index < -0.39 is 24.4 Å². The van der Waals surface area contributed by atoms with Crippen LogP contribution in [0.1, 0.15) is 19.8 Å². The molecule has 18 heavy (non-hydrogen) atoms. The maximum atomic E-state index is 12.9. The van der Waals surface area contributed by atoms with Gasteiger partial charge in [0.2, 0.25) is 0 Å². The van der Waals surface area contributed by atoms with Crippen LogP contribution in [0.25, 0.3) is 0 Å². The second kappa shape index (κ2) is 5.43. The molecule has 0 aliphatic carbocycles. The van der Waals surface area contributed by atoms with Crippen LogP contribution in [-0.4, -0.2) is 52.6 Å². The zero-order valence-electron chi connectivity index (χ0n) is 9.95. The Morgan fingerprint density at radius 3 is 2.28 bits per heavy atom. The van der Waals surface area contributed by atoms with Crippen molar-refractivity contribution in [3.63, 3.8) is 0 Å². The molecule has 7 heteroatoms. The summed E-state index contributed by atoms with van der Waals surface area (Å²) in [4.78, 5) is 23.0. The molecule has 1 rings (SSSR count). The molecule has 0 atom stereocenters. The molecular weight excluding hydrogens is 248 g/mol. The molecule has 1 heterocycles. The zero-order valence-corrected chi connectivity index (χ0v) is 9.95. The van der Waals surface area contributed by atoms with Crippen LogP contribution in [0.2, 0.25) is 0 Å². The van der Waals surface area contributed by atoms with E-state index in [1.807, 2.05) is 0 Å². The molecule has 0 aromatic heterocycles. The van der Waals surface area contributed by atoms with Gasteiger partial charge in [0.1, 0.15) is 0 Å². The van der Waals surface area contributed by atoms with Crippen molar-refractivity contribution in [3.8, 4) is 0 Å². The molecule has 2 N–H and O–H groups in total. The number of carboxylic acids is 2. The molecule has 1 aliphatic rings. The highest BCUT2D eigenvalue weighted by Crippen LogP contribution is 2.27. The zero-order chi connectivity index (χ0) is 13.9. The van der Waals surface area contributed by atoms with Crippen molar-refractivity contribution in [3.05, 3.63) is 11.1 Å². The number of alkyl halides is 2. The van der Waals surface area contributed by atoms with Gasteiger partial charge in [0.25, 0.3) is 5.92 Å². The van der Waals surface area contributed by atoms with Crippen LogP contribution in [0.4, 0.5) is 8.78 Å². The van der Waals surface area contributed by atoms with E-state index in [0.717, 1.165) is 0 Å². The predicted molar refractivity (Wildman–Crippen MR) is 58.6 cm³/mol. The number of rotatable bonds is 5. The van der Waals surface area contributed by atoms with Crippen molar-refractivity contribution in [1.29, 1.82) is 0 Å². The third-order valence-electron chi connectivity index (χ3n) is 2.96. The van der Waals surface area contributed by atoms with Gasteiger partial charge in [-0.25, -0.2) is 18.4 Å². The Bertz CT molecular complexity index is 393. The first-order valence-electron chi connectivity index (χ1n) is 5.49. The first-order chi connectivity index (χ1) is 8.23. The van der Waals surface area contributed by atoms with Crippen LogP contribution < -0.4 is 0 Å². The number of halogens is 2. The maximum Gasteiger partial charge on any atom is 0.332 e. The van der Waals surface area contributed by atoms with Crippen molar-refractivity contribution >= 4 is 11.9 Å². The standard InChI is InChI=1S/C11H15F2NO4/c1-7(9(15)16)8(10(17)18)2-4-14-5-3-11(12,13)6-14/h2-6H2,1H3,(H,15,16)(H,17,18)/b8-7+. The minimum absolute atomic E-state index is 0.0520. The van der Waals surface area contributed by atoms with E-state index >= 15 is 0 Å². The summed E-state index contributed by atoms with van der Waals surface area (Å²) in [5.74, 6) is -5.35. The summed E-state index contributed by atoms with van der Waals surface area (Å²) < 4.78 is 25.8. The molecule has 0 aromatic rings. The highest BCUT2D eigenvalue weighted by atomic mass is 19.3. The number of hydrogen-bond donors (Lipinski definition) is 2. The minimum atomic E-state index is -2.73. The lowest BCUT2D eigenvalue weighted by molar-refractivity contribution is -0.136. The van der Waals surface area contributed by atoms with Crippen LogP contribution in [0.5, 0.6) is 0 Å². The van der Waals surface area contributed by atoms with E-state index in [9.17, 15) is 18.4 Å². The molecule has 0 saturated carbocycles. The van der Waals surface area contributed by atoms with Crippen molar-refractivity contribution in [2.45, 2.75) is 25.7 Å². The SMILES string of the molecule is C/C(C(=O)O)=C(/CCN1CCC(F)(F)C1)C(=O)O. The molecule has 1 aliphatic heterocycles. The Kier molecular flexibility index (Phi) is 4.39. The smallest absolute Gasteiger partial charge is 0.332 e. The van der Waals surface area contributed by atoms with E-state index in [1.54, 1.807) is 0 Å². The van der Waals surface area contributed by atoms with Gasteiger partial charge in [-0.2, -0.15) is 0 Å². The van der Waals surface area contributed by atoms with Gasteiger partial charge in [-0.3, -0.25) is 4.90 Å². The van der Waals surface area contributed by atoms with Gasteiger partial charge >= 0.3 is 11.9 Å². The van der Waals surface area contributed by atoms with Crippen molar-refractivity contribution < 1.29 is 28.6 Å². The van der Waals surface area contributed by atoms with Gasteiger partial charge in [-0.1, -0.05) is 0 Å². The van der Waals surface area contributed by atoms with E-state index in [1.165, 1.54) is 11.8 Å². The molecule has 1 saturated heterocycles. The molecule has 0 aromatic carbocycles. The molecule has 0 amide bonds. The molecule has 0 bridgehead atoms. The van der Waals surface area contributed by atoms with Gasteiger partial charge in [-0.15, -0.1) is 0 Å². The number of hydrogen-bond acceptors (Lipinski definition) is 3. The summed E-state index contributed by atoms with van der Waals surface area (Å²) >= 11 is 0. The predicted octanol–water partition coefficient (Wildman–Crippen LogP) is 1.20. The topological polar surface area (TPSA) is 77.8 Å². The highest BCUT2D eigenvalue weighted by Gasteiger charge is 2.37. The molecule has 102 valence electrons. The van der Waals surface area contributed by atoms with Gasteiger partial charge in [0, 0.05) is 30.7 Å². The minimum Gasteiger partial charge on any atom is -0.478 e. The van der Waals surface area contributed by atoms with Crippen LogP contribution >= 0.6 is 0 Å². The van der Waals surface area contributed by atoms with Crippen LogP contribution in [0.3, 0.4) is 0 Å². The lowest BCUT2D eigenvalue weighted by atomic mass is 10.1. The summed E-state index contributed by atoms with van der Waals surface area (Å²) in [6.45, 7) is 1.13. The Morgan fingerprint density at radius 2 is 1.89 bits per heavy atom. The quantitative estimate of drug-likeness (QED) is 0.729. The van der Waals surface area contributed by atoms with Crippen molar-refractivity contribution in [2.24, 2.45) is 0 Å². The number of likely N-dealkylation sites (tertiary alicyclic amines) is 1. The van der Waals surface area contributed by atoms with Gasteiger partial charge in [0.05, 0.1) is 6.54 Å². The number of aliphatic carboxylic acids is 2. The Hall–Kier alpha value is -1.50. The van der Waals surface area contributed by atoms with E-state index in [4.69, 9.17) is 10.2 Å². The van der Waals surface area contributed by atoms with Crippen LogP contribution in [-0.2, 0) is 9.59 Å². The first kappa shape index (κ1) is 14.6. The third kappa shape index (κ3) is 3.76. The van der Waals surface area contributed by atoms with Gasteiger partial charge < -0.3 is 10.2 Å². The number of nitrogens with zero attached hydrogens (tertiary/aromatic N) is 1. The second-order valence-corrected chi connectivity index (χ2v) is 4.35. The molecule has 0 unspecified atom stereocenters. The molecule has 0 spiro atoms. The lowest BCUT2D eigenvalue weighted by Crippen LogP contribution is -2.27. The van der Waals surface area contributed by atoms with Crippen LogP contribution in [0.15, 0.2) is 11.1 Å². The Labute approximate surface area is 103 Å². The fourth-order valence-corrected chi connectivity index (χ4v) is 1.85. The Morgan fingerprint density at radius 1 is 1.28 bits per heavy atom. The average Bonchev–Trinajstić information content (AvgIpc) is 2.57. The normalized spacial score (nSPS) is 20.6. The van der Waals surface area contributed by atoms with E-state index in [2.05, 4.69) is 0 Å². The molecule has 5 nitrogen and oxygen atoms in total. The van der Waals surface area contributed by atoms with Crippen molar-refractivity contribution in [1.82, 2.24) is 4.90 Å². The van der Waals surface area contributed by atoms with Gasteiger partial charge in [-0.05, 0) is 13.3 Å². The summed E-state index contributed by atoms with van der Waals surface area (Å²) in [7, 11) is 0. The monoisotopic (exact) mass is 263 g/mol. The molecular formula is C11H15F2NO4. The lowest BCUT2D eigenvalue weighted by Gasteiger charge is -2.15. The fourth-order valence-electron chi connectivity index (χ4n) is 1.85. The fraction of sp³-hybridized carbons (Fsp3) is 0.636. The van der Waals surface area contributed by atoms with Crippen molar-refractivity contribution in [2.75, 3.05) is 19.6 Å². The average molecular weight is 263 g/mol. The Balaban J connectivity index is 2.63. The van der Waals surface area contributed by atoms with Crippen LogP contribution in [0, 0.1) is 0 Å². The number of carbonyl (C=O) groups is 2. The highest BCUT2D eigenvalue weighted by molar-refractivity contribution is 5.98. The largest absolute Gasteiger partial charge is 0.478 e. The van der Waals surface area contributed by atoms with E-state index in [-0.39, 0.29) is 37.1 Å². The third-order valence-corrected chi connectivity index (χ3v) is 2.96. The summed E-state index contributed by atoms with van der Waals surface area (Å²) in [6.07, 6.45) is -0.291. The number of carboxylic acid groups (broad SMARTS) is 2. The maximum absolute atomic E-state index is 12.9. The first-order valence-corrected chi connectivity index (χ1v) is 5.49. The summed E-state index contributed by atoms with van der Waals surface area (Å²) in [6, 6.07) is 0. The summed E-state index contributed by atoms with van der Waals surface area (Å²) in [5, 5.41) is 17.6. The molecule has 1 fully saturated rings. The van der Waals surface area contributed by atoms with E-state index in [0.29, 0.717) is 0 Å². The molecule has 0 radical (unpaired) electrons.